The van der Waals surface area contributed by atoms with Gasteiger partial charge in [0, 0.05) is 68.4 Å². The van der Waals surface area contributed by atoms with Crippen molar-refractivity contribution in [3.05, 3.63) is 52.4 Å². The van der Waals surface area contributed by atoms with Gasteiger partial charge in [0.15, 0.2) is 5.78 Å². The fraction of sp³-hybridized carbons (Fsp3) is 0.552. The van der Waals surface area contributed by atoms with Crippen LogP contribution in [0.3, 0.4) is 0 Å². The Labute approximate surface area is 236 Å². The Balaban J connectivity index is 0.000000771. The largest absolute Gasteiger partial charge is 0.350 e. The first kappa shape index (κ1) is 30.4. The average Bonchev–Trinajstić information content (AvgIpc) is 2.94. The molecule has 2 aliphatic rings. The first-order valence-corrected chi connectivity index (χ1v) is 14.0. The minimum atomic E-state index is -0.0626. The summed E-state index contributed by atoms with van der Waals surface area (Å²) in [6.45, 7) is 13.6. The number of ketones is 1. The molecule has 1 aromatic heterocycles. The van der Waals surface area contributed by atoms with Crippen molar-refractivity contribution in [1.29, 1.82) is 0 Å². The molecule has 2 fully saturated rings. The molecule has 0 spiro atoms. The molecular formula is C29H39ClN6O3. The summed E-state index contributed by atoms with van der Waals surface area (Å²) in [5.74, 6) is 0.898. The van der Waals surface area contributed by atoms with Crippen LogP contribution in [-0.4, -0.2) is 88.4 Å². The summed E-state index contributed by atoms with van der Waals surface area (Å²) in [5.41, 5.74) is 1.92. The van der Waals surface area contributed by atoms with E-state index in [4.69, 9.17) is 16.4 Å². The van der Waals surface area contributed by atoms with Crippen LogP contribution in [0, 0.1) is 6.92 Å². The predicted molar refractivity (Wildman–Crippen MR) is 153 cm³/mol. The SMILES string of the molecule is CCN=C=O.CC[C@H]1CN(c2ncc(C(C)=O)nc2C)[C@H](C)CN1C1CCN(C(=O)c2ccc(Cl)cc2)CC1. The highest BCUT2D eigenvalue weighted by atomic mass is 35.5. The highest BCUT2D eigenvalue weighted by Crippen LogP contribution is 2.29. The van der Waals surface area contributed by atoms with Crippen LogP contribution in [0.5, 0.6) is 0 Å². The Hall–Kier alpha value is -3.13. The number of Topliss-reactive ketones (excluding diaryl/α,β-unsaturated/α-hetero) is 1. The molecule has 0 bridgehead atoms. The van der Waals surface area contributed by atoms with Crippen LogP contribution in [0.2, 0.25) is 5.02 Å². The Bertz CT molecular complexity index is 1180. The minimum Gasteiger partial charge on any atom is -0.350 e. The molecule has 0 radical (unpaired) electrons. The second-order valence-corrected chi connectivity index (χ2v) is 10.5. The summed E-state index contributed by atoms with van der Waals surface area (Å²) in [4.78, 5) is 52.9. The van der Waals surface area contributed by atoms with Crippen molar-refractivity contribution >= 4 is 35.2 Å². The summed E-state index contributed by atoms with van der Waals surface area (Å²) in [6.07, 6.45) is 6.00. The van der Waals surface area contributed by atoms with Gasteiger partial charge >= 0.3 is 0 Å². The van der Waals surface area contributed by atoms with Crippen LogP contribution in [0.15, 0.2) is 35.5 Å². The van der Waals surface area contributed by atoms with Crippen molar-refractivity contribution in [3.8, 4) is 0 Å². The smallest absolute Gasteiger partial charge is 0.253 e. The summed E-state index contributed by atoms with van der Waals surface area (Å²) in [6, 6.07) is 8.32. The number of aromatic nitrogens is 2. The maximum absolute atomic E-state index is 12.9. The summed E-state index contributed by atoms with van der Waals surface area (Å²) >= 11 is 5.97. The molecule has 0 N–H and O–H groups in total. The number of aryl methyl sites for hydroxylation is 1. The molecule has 9 nitrogen and oxygen atoms in total. The fourth-order valence-corrected chi connectivity index (χ4v) is 5.46. The zero-order chi connectivity index (χ0) is 28.5. The number of aliphatic imine (C=N–C) groups is 1. The fourth-order valence-electron chi connectivity index (χ4n) is 5.34. The van der Waals surface area contributed by atoms with E-state index in [1.165, 1.54) is 13.0 Å². The van der Waals surface area contributed by atoms with Crippen molar-refractivity contribution in [2.45, 2.75) is 72.0 Å². The zero-order valence-electron chi connectivity index (χ0n) is 23.6. The van der Waals surface area contributed by atoms with Crippen LogP contribution in [0.25, 0.3) is 0 Å². The molecule has 2 atom stereocenters. The lowest BCUT2D eigenvalue weighted by atomic mass is 9.96. The van der Waals surface area contributed by atoms with Crippen LogP contribution in [0.4, 0.5) is 5.82 Å². The second-order valence-electron chi connectivity index (χ2n) is 10.1. The molecule has 10 heteroatoms. The topological polar surface area (TPSA) is 99.1 Å². The lowest BCUT2D eigenvalue weighted by Crippen LogP contribution is -2.62. The maximum atomic E-state index is 12.9. The van der Waals surface area contributed by atoms with Crippen molar-refractivity contribution in [2.75, 3.05) is 37.6 Å². The van der Waals surface area contributed by atoms with Gasteiger partial charge in [-0.05, 0) is 64.3 Å². The third kappa shape index (κ3) is 7.72. The molecule has 0 aliphatic carbocycles. The van der Waals surface area contributed by atoms with Gasteiger partial charge in [0.1, 0.15) is 11.5 Å². The first-order valence-electron chi connectivity index (χ1n) is 13.6. The number of nitrogens with zero attached hydrogens (tertiary/aromatic N) is 6. The molecular weight excluding hydrogens is 516 g/mol. The number of hydrogen-bond acceptors (Lipinski definition) is 8. The molecule has 39 heavy (non-hydrogen) atoms. The van der Waals surface area contributed by atoms with Crippen molar-refractivity contribution in [3.63, 3.8) is 0 Å². The zero-order valence-corrected chi connectivity index (χ0v) is 24.3. The van der Waals surface area contributed by atoms with E-state index >= 15 is 0 Å². The Morgan fingerprint density at radius 3 is 2.31 bits per heavy atom. The average molecular weight is 555 g/mol. The highest BCUT2D eigenvalue weighted by molar-refractivity contribution is 6.30. The van der Waals surface area contributed by atoms with Crippen molar-refractivity contribution < 1.29 is 14.4 Å². The summed E-state index contributed by atoms with van der Waals surface area (Å²) in [7, 11) is 0. The van der Waals surface area contributed by atoms with Crippen LogP contribution < -0.4 is 4.90 Å². The van der Waals surface area contributed by atoms with E-state index in [-0.39, 0.29) is 17.7 Å². The Kier molecular flexibility index (Phi) is 11.2. The number of amides is 1. The Morgan fingerprint density at radius 1 is 1.13 bits per heavy atom. The number of piperidine rings is 1. The van der Waals surface area contributed by atoms with E-state index in [1.54, 1.807) is 37.4 Å². The minimum absolute atomic E-state index is 0.0626. The molecule has 1 amide bonds. The quantitative estimate of drug-likeness (QED) is 0.293. The molecule has 0 unspecified atom stereocenters. The highest BCUT2D eigenvalue weighted by Gasteiger charge is 2.37. The van der Waals surface area contributed by atoms with E-state index in [0.717, 1.165) is 57.0 Å². The van der Waals surface area contributed by atoms with Crippen LogP contribution >= 0.6 is 11.6 Å². The van der Waals surface area contributed by atoms with Gasteiger partial charge in [0.05, 0.1) is 11.9 Å². The Morgan fingerprint density at radius 2 is 1.79 bits per heavy atom. The van der Waals surface area contributed by atoms with Gasteiger partial charge in [0.2, 0.25) is 6.08 Å². The molecule has 2 aliphatic heterocycles. The normalized spacial score (nSPS) is 20.1. The van der Waals surface area contributed by atoms with E-state index < -0.39 is 0 Å². The van der Waals surface area contributed by atoms with Gasteiger partial charge in [0.25, 0.3) is 5.91 Å². The van der Waals surface area contributed by atoms with Crippen molar-refractivity contribution in [2.24, 2.45) is 4.99 Å². The van der Waals surface area contributed by atoms with Gasteiger partial charge in [-0.3, -0.25) is 14.5 Å². The number of halogens is 1. The number of isocyanates is 1. The predicted octanol–water partition coefficient (Wildman–Crippen LogP) is 4.58. The third-order valence-electron chi connectivity index (χ3n) is 7.44. The standard InChI is InChI=1S/C26H34ClN5O2.C3H5NO/c1-5-22-16-31(25-18(3)29-24(14-28-25)19(4)33)17(2)15-32(22)23-10-12-30(13-11-23)26(34)20-6-8-21(27)9-7-20;1-2-4-3-5/h6-9,14,17,22-23H,5,10-13,15-16H2,1-4H3;2H2,1H3/t17-,22+;/m1./s1. The number of carbonyl (C=O) groups is 2. The molecule has 1 aromatic carbocycles. The van der Waals surface area contributed by atoms with Gasteiger partial charge in [-0.1, -0.05) is 18.5 Å². The van der Waals surface area contributed by atoms with Crippen LogP contribution in [0.1, 0.15) is 73.5 Å². The number of benzene rings is 1. The molecule has 0 saturated carbocycles. The van der Waals surface area contributed by atoms with E-state index in [9.17, 15) is 9.59 Å². The van der Waals surface area contributed by atoms with E-state index in [1.807, 2.05) is 11.8 Å². The van der Waals surface area contributed by atoms with E-state index in [2.05, 4.69) is 38.6 Å². The van der Waals surface area contributed by atoms with Gasteiger partial charge < -0.3 is 9.80 Å². The number of piperazine rings is 1. The van der Waals surface area contributed by atoms with Crippen LogP contribution in [-0.2, 0) is 4.79 Å². The third-order valence-corrected chi connectivity index (χ3v) is 7.69. The molecule has 4 rings (SSSR count). The first-order chi connectivity index (χ1) is 18.7. The summed E-state index contributed by atoms with van der Waals surface area (Å²) < 4.78 is 0. The van der Waals surface area contributed by atoms with E-state index in [0.29, 0.717) is 34.9 Å². The number of hydrogen-bond donors (Lipinski definition) is 0. The maximum Gasteiger partial charge on any atom is 0.253 e. The molecule has 2 aromatic rings. The number of rotatable bonds is 6. The van der Waals surface area contributed by atoms with Gasteiger partial charge in [-0.2, -0.15) is 0 Å². The molecule has 3 heterocycles. The molecule has 2 saturated heterocycles. The monoisotopic (exact) mass is 554 g/mol. The number of likely N-dealkylation sites (tertiary alicyclic amines) is 1. The summed E-state index contributed by atoms with van der Waals surface area (Å²) in [5, 5.41) is 0.644. The van der Waals surface area contributed by atoms with Gasteiger partial charge in [-0.25, -0.2) is 19.8 Å². The number of carbonyl (C=O) groups excluding carboxylic acids is 3. The number of anilines is 1. The molecule has 210 valence electrons. The second kappa shape index (κ2) is 14.3. The van der Waals surface area contributed by atoms with Crippen molar-refractivity contribution in [1.82, 2.24) is 19.8 Å². The lowest BCUT2D eigenvalue weighted by Gasteiger charge is -2.50. The van der Waals surface area contributed by atoms with Gasteiger partial charge in [-0.15, -0.1) is 0 Å². The lowest BCUT2D eigenvalue weighted by molar-refractivity contribution is 0.0434.